The fraction of sp³-hybridized carbons (Fsp3) is 0.250. The lowest BCUT2D eigenvalue weighted by molar-refractivity contribution is -0.114. The predicted molar refractivity (Wildman–Crippen MR) is 102 cm³/mol. The van der Waals surface area contributed by atoms with Gasteiger partial charge in [0, 0.05) is 6.92 Å². The number of anilines is 1. The molecule has 2 aromatic carbocycles. The van der Waals surface area contributed by atoms with Crippen molar-refractivity contribution in [1.82, 2.24) is 0 Å². The molecule has 6 nitrogen and oxygen atoms in total. The van der Waals surface area contributed by atoms with Crippen LogP contribution >= 0.6 is 0 Å². The van der Waals surface area contributed by atoms with E-state index >= 15 is 0 Å². The topological polar surface area (TPSA) is 66.0 Å². The molecule has 0 heterocycles. The number of carbonyl (C=O) groups is 1. The van der Waals surface area contributed by atoms with E-state index in [0.717, 1.165) is 11.1 Å². The lowest BCUT2D eigenvalue weighted by atomic mass is 10.1. The van der Waals surface area contributed by atoms with Gasteiger partial charge in [-0.25, -0.2) is 0 Å². The summed E-state index contributed by atoms with van der Waals surface area (Å²) in [6.07, 6.45) is 3.84. The first kappa shape index (κ1) is 19.2. The molecule has 0 unspecified atom stereocenters. The zero-order chi connectivity index (χ0) is 19.1. The fourth-order valence-corrected chi connectivity index (χ4v) is 2.51. The number of hydrogen-bond acceptors (Lipinski definition) is 5. The van der Waals surface area contributed by atoms with Gasteiger partial charge in [0.25, 0.3) is 0 Å². The monoisotopic (exact) mass is 357 g/mol. The summed E-state index contributed by atoms with van der Waals surface area (Å²) in [6, 6.07) is 9.26. The van der Waals surface area contributed by atoms with Crippen LogP contribution in [-0.2, 0) is 4.79 Å². The highest BCUT2D eigenvalue weighted by Gasteiger charge is 2.12. The van der Waals surface area contributed by atoms with Crippen LogP contribution < -0.4 is 24.3 Å². The predicted octanol–water partition coefficient (Wildman–Crippen LogP) is 3.85. The minimum Gasteiger partial charge on any atom is -0.495 e. The number of rotatable bonds is 7. The van der Waals surface area contributed by atoms with Crippen molar-refractivity contribution in [3.05, 3.63) is 41.5 Å². The van der Waals surface area contributed by atoms with Crippen molar-refractivity contribution in [3.63, 3.8) is 0 Å². The molecule has 26 heavy (non-hydrogen) atoms. The molecule has 0 aliphatic carbocycles. The quantitative estimate of drug-likeness (QED) is 0.763. The molecule has 0 bridgehead atoms. The van der Waals surface area contributed by atoms with Crippen LogP contribution in [0.1, 0.15) is 18.1 Å². The van der Waals surface area contributed by atoms with Crippen molar-refractivity contribution in [1.29, 1.82) is 0 Å². The van der Waals surface area contributed by atoms with Gasteiger partial charge in [0.2, 0.25) is 11.7 Å². The molecule has 0 saturated heterocycles. The fourth-order valence-electron chi connectivity index (χ4n) is 2.51. The largest absolute Gasteiger partial charge is 0.495 e. The van der Waals surface area contributed by atoms with Crippen molar-refractivity contribution in [2.45, 2.75) is 6.92 Å². The standard InChI is InChI=1S/C20H23NO5/c1-13(22)21-16-10-14(8-9-17(16)23-2)6-7-15-11-18(24-3)20(26-5)19(12-15)25-4/h6-12H,1-5H3,(H,21,22)/b7-6-. The molecule has 0 radical (unpaired) electrons. The summed E-state index contributed by atoms with van der Waals surface area (Å²) in [4.78, 5) is 11.3. The maximum Gasteiger partial charge on any atom is 0.221 e. The van der Waals surface area contributed by atoms with Crippen molar-refractivity contribution in [2.24, 2.45) is 0 Å². The summed E-state index contributed by atoms with van der Waals surface area (Å²) < 4.78 is 21.3. The maximum atomic E-state index is 11.3. The number of carbonyl (C=O) groups excluding carboxylic acids is 1. The maximum absolute atomic E-state index is 11.3. The minimum absolute atomic E-state index is 0.158. The molecular weight excluding hydrogens is 334 g/mol. The molecule has 2 aromatic rings. The van der Waals surface area contributed by atoms with Gasteiger partial charge in [-0.2, -0.15) is 0 Å². The Morgan fingerprint density at radius 3 is 1.88 bits per heavy atom. The Morgan fingerprint density at radius 1 is 0.808 bits per heavy atom. The molecule has 6 heteroatoms. The van der Waals surface area contributed by atoms with E-state index in [0.29, 0.717) is 28.7 Å². The van der Waals surface area contributed by atoms with Gasteiger partial charge in [0.15, 0.2) is 11.5 Å². The van der Waals surface area contributed by atoms with E-state index in [9.17, 15) is 4.79 Å². The molecule has 0 aliphatic rings. The molecule has 0 spiro atoms. The van der Waals surface area contributed by atoms with Crippen molar-refractivity contribution >= 4 is 23.7 Å². The SMILES string of the molecule is COc1ccc(/C=C\c2cc(OC)c(OC)c(OC)c2)cc1NC(C)=O. The first-order chi connectivity index (χ1) is 12.5. The minimum atomic E-state index is -0.158. The smallest absolute Gasteiger partial charge is 0.221 e. The number of nitrogens with one attached hydrogen (secondary N) is 1. The van der Waals surface area contributed by atoms with Crippen LogP contribution in [0, 0.1) is 0 Å². The Morgan fingerprint density at radius 2 is 1.38 bits per heavy atom. The Hall–Kier alpha value is -3.15. The molecule has 0 aliphatic heterocycles. The van der Waals surface area contributed by atoms with E-state index in [-0.39, 0.29) is 5.91 Å². The van der Waals surface area contributed by atoms with Crippen LogP contribution in [0.15, 0.2) is 30.3 Å². The molecule has 2 rings (SSSR count). The number of hydrogen-bond donors (Lipinski definition) is 1. The van der Waals surface area contributed by atoms with Gasteiger partial charge < -0.3 is 24.3 Å². The average Bonchev–Trinajstić information content (AvgIpc) is 2.65. The van der Waals surface area contributed by atoms with Gasteiger partial charge in [-0.15, -0.1) is 0 Å². The van der Waals surface area contributed by atoms with E-state index in [4.69, 9.17) is 18.9 Å². The Labute approximate surface area is 153 Å². The van der Waals surface area contributed by atoms with E-state index in [1.165, 1.54) is 6.92 Å². The Kier molecular flexibility index (Phi) is 6.49. The van der Waals surface area contributed by atoms with Gasteiger partial charge in [-0.1, -0.05) is 18.2 Å². The third-order valence-corrected chi connectivity index (χ3v) is 3.69. The Balaban J connectivity index is 2.36. The second kappa shape index (κ2) is 8.80. The van der Waals surface area contributed by atoms with Crippen molar-refractivity contribution in [2.75, 3.05) is 33.8 Å². The van der Waals surface area contributed by atoms with Crippen molar-refractivity contribution < 1.29 is 23.7 Å². The van der Waals surface area contributed by atoms with Crippen LogP contribution in [0.4, 0.5) is 5.69 Å². The molecule has 0 aromatic heterocycles. The van der Waals surface area contributed by atoms with Crippen LogP contribution in [0.2, 0.25) is 0 Å². The summed E-state index contributed by atoms with van der Waals surface area (Å²) in [6.45, 7) is 1.46. The third kappa shape index (κ3) is 4.47. The second-order valence-electron chi connectivity index (χ2n) is 5.43. The lowest BCUT2D eigenvalue weighted by Gasteiger charge is -2.13. The van der Waals surface area contributed by atoms with E-state index < -0.39 is 0 Å². The molecule has 0 fully saturated rings. The van der Waals surface area contributed by atoms with Crippen LogP contribution in [-0.4, -0.2) is 34.3 Å². The second-order valence-corrected chi connectivity index (χ2v) is 5.43. The van der Waals surface area contributed by atoms with Gasteiger partial charge in [-0.3, -0.25) is 4.79 Å². The lowest BCUT2D eigenvalue weighted by Crippen LogP contribution is -2.07. The first-order valence-electron chi connectivity index (χ1n) is 7.96. The average molecular weight is 357 g/mol. The number of amides is 1. The van der Waals surface area contributed by atoms with Crippen molar-refractivity contribution in [3.8, 4) is 23.0 Å². The van der Waals surface area contributed by atoms with Crippen LogP contribution in [0.5, 0.6) is 23.0 Å². The van der Waals surface area contributed by atoms with Crippen LogP contribution in [0.3, 0.4) is 0 Å². The van der Waals surface area contributed by atoms with Gasteiger partial charge >= 0.3 is 0 Å². The van der Waals surface area contributed by atoms with E-state index in [2.05, 4.69) is 5.32 Å². The van der Waals surface area contributed by atoms with Gasteiger partial charge in [0.05, 0.1) is 34.1 Å². The zero-order valence-electron chi connectivity index (χ0n) is 15.6. The number of benzene rings is 2. The molecular formula is C20H23NO5. The first-order valence-corrected chi connectivity index (χ1v) is 7.96. The number of ether oxygens (including phenoxy) is 4. The highest BCUT2D eigenvalue weighted by Crippen LogP contribution is 2.38. The van der Waals surface area contributed by atoms with E-state index in [1.807, 2.05) is 36.4 Å². The van der Waals surface area contributed by atoms with Gasteiger partial charge in [0.1, 0.15) is 5.75 Å². The Bertz CT molecular complexity index is 789. The zero-order valence-corrected chi connectivity index (χ0v) is 15.6. The third-order valence-electron chi connectivity index (χ3n) is 3.69. The summed E-state index contributed by atoms with van der Waals surface area (Å²) >= 11 is 0. The summed E-state index contributed by atoms with van der Waals surface area (Å²) in [5, 5.41) is 2.76. The molecule has 138 valence electrons. The van der Waals surface area contributed by atoms with Crippen LogP contribution in [0.25, 0.3) is 12.2 Å². The van der Waals surface area contributed by atoms with Gasteiger partial charge in [-0.05, 0) is 35.4 Å². The highest BCUT2D eigenvalue weighted by atomic mass is 16.5. The summed E-state index contributed by atoms with van der Waals surface area (Å²) in [5.41, 5.74) is 2.41. The summed E-state index contributed by atoms with van der Waals surface area (Å²) in [7, 11) is 6.28. The van der Waals surface area contributed by atoms with E-state index in [1.54, 1.807) is 34.5 Å². The summed E-state index contributed by atoms with van der Waals surface area (Å²) in [5.74, 6) is 2.16. The molecule has 0 atom stereocenters. The molecule has 0 saturated carbocycles. The normalized spacial score (nSPS) is 10.5. The molecule has 1 amide bonds. The molecule has 1 N–H and O–H groups in total. The highest BCUT2D eigenvalue weighted by molar-refractivity contribution is 5.91. The number of methoxy groups -OCH3 is 4.